The van der Waals surface area contributed by atoms with Crippen LogP contribution in [0, 0.1) is 5.92 Å². The van der Waals surface area contributed by atoms with Gasteiger partial charge in [0.05, 0.1) is 18.9 Å². The normalized spacial score (nSPS) is 14.8. The lowest BCUT2D eigenvalue weighted by molar-refractivity contribution is -0.147. The molecular weight excluding hydrogens is 512 g/mol. The molecule has 39 heavy (non-hydrogen) atoms. The maximum atomic E-state index is 13.2. The average molecular weight is 547 g/mol. The standard InChI is InChI=1S/C25H34N6O8/c1-3-12(2)21(31-22(35)15(26)8-13-11-28-16-7-5-4-6-14(13)16)24(37)29-17(9-19(27)32)23(36)30-18(25(38)39)10-20(33)34/h4-7,11-12,15,17-18,21,28H,3,8-10,26H2,1-2H3,(H2,27,32)(H,29,37)(H,30,36)(H,31,35)(H,33,34)(H,38,39). The molecule has 0 radical (unpaired) electrons. The Balaban J connectivity index is 2.16. The van der Waals surface area contributed by atoms with Crippen LogP contribution in [-0.2, 0) is 35.2 Å². The van der Waals surface area contributed by atoms with E-state index in [0.29, 0.717) is 6.42 Å². The van der Waals surface area contributed by atoms with Crippen molar-refractivity contribution in [3.8, 4) is 0 Å². The number of nitrogens with one attached hydrogen (secondary N) is 4. The minimum absolute atomic E-state index is 0.178. The van der Waals surface area contributed by atoms with Gasteiger partial charge in [0.25, 0.3) is 0 Å². The van der Waals surface area contributed by atoms with Crippen molar-refractivity contribution in [1.82, 2.24) is 20.9 Å². The first-order valence-electron chi connectivity index (χ1n) is 12.3. The molecule has 14 heteroatoms. The number of carboxylic acid groups (broad SMARTS) is 2. The summed E-state index contributed by atoms with van der Waals surface area (Å²) >= 11 is 0. The number of carbonyl (C=O) groups is 6. The number of hydrogen-bond donors (Lipinski definition) is 8. The van der Waals surface area contributed by atoms with E-state index in [0.717, 1.165) is 16.5 Å². The number of amides is 4. The molecule has 0 saturated heterocycles. The van der Waals surface area contributed by atoms with E-state index < -0.39 is 78.5 Å². The molecule has 0 bridgehead atoms. The monoisotopic (exact) mass is 546 g/mol. The van der Waals surface area contributed by atoms with E-state index in [4.69, 9.17) is 16.6 Å². The highest BCUT2D eigenvalue weighted by molar-refractivity contribution is 5.97. The summed E-state index contributed by atoms with van der Waals surface area (Å²) < 4.78 is 0. The molecular formula is C25H34N6O8. The fraction of sp³-hybridized carbons (Fsp3) is 0.440. The second-order valence-electron chi connectivity index (χ2n) is 9.27. The molecule has 0 aliphatic heterocycles. The van der Waals surface area contributed by atoms with Crippen LogP contribution < -0.4 is 27.4 Å². The Labute approximate surface area is 223 Å². The van der Waals surface area contributed by atoms with Gasteiger partial charge in [0.15, 0.2) is 0 Å². The van der Waals surface area contributed by atoms with Crippen LogP contribution in [0.25, 0.3) is 10.9 Å². The molecule has 2 aromatic rings. The molecule has 0 fully saturated rings. The van der Waals surface area contributed by atoms with E-state index in [1.807, 2.05) is 29.6 Å². The highest BCUT2D eigenvalue weighted by atomic mass is 16.4. The van der Waals surface area contributed by atoms with Gasteiger partial charge in [-0.2, -0.15) is 0 Å². The van der Waals surface area contributed by atoms with Crippen LogP contribution in [0.1, 0.15) is 38.7 Å². The maximum absolute atomic E-state index is 13.2. The number of carboxylic acids is 2. The van der Waals surface area contributed by atoms with Crippen LogP contribution in [0.15, 0.2) is 30.5 Å². The first-order chi connectivity index (χ1) is 18.3. The summed E-state index contributed by atoms with van der Waals surface area (Å²) in [6.07, 6.45) is 0.745. The summed E-state index contributed by atoms with van der Waals surface area (Å²) in [5.41, 5.74) is 13.0. The third-order valence-electron chi connectivity index (χ3n) is 6.28. The third-order valence-corrected chi connectivity index (χ3v) is 6.28. The lowest BCUT2D eigenvalue weighted by atomic mass is 9.96. The van der Waals surface area contributed by atoms with Crippen molar-refractivity contribution < 1.29 is 39.0 Å². The Bertz CT molecular complexity index is 1230. The van der Waals surface area contributed by atoms with Gasteiger partial charge in [0, 0.05) is 17.1 Å². The highest BCUT2D eigenvalue weighted by Crippen LogP contribution is 2.19. The number of rotatable bonds is 15. The fourth-order valence-corrected chi connectivity index (χ4v) is 3.91. The van der Waals surface area contributed by atoms with Gasteiger partial charge in [-0.15, -0.1) is 0 Å². The number of aliphatic carboxylic acids is 2. The molecule has 2 rings (SSSR count). The van der Waals surface area contributed by atoms with Gasteiger partial charge < -0.3 is 42.6 Å². The van der Waals surface area contributed by atoms with Gasteiger partial charge in [-0.3, -0.25) is 24.0 Å². The number of primary amides is 1. The molecule has 5 atom stereocenters. The molecule has 14 nitrogen and oxygen atoms in total. The van der Waals surface area contributed by atoms with E-state index in [9.17, 15) is 33.9 Å². The van der Waals surface area contributed by atoms with E-state index in [2.05, 4.69) is 15.6 Å². The Kier molecular flexibility index (Phi) is 11.0. The number of aromatic amines is 1. The number of H-pyrrole nitrogens is 1. The van der Waals surface area contributed by atoms with Gasteiger partial charge in [0.2, 0.25) is 23.6 Å². The van der Waals surface area contributed by atoms with Gasteiger partial charge in [-0.05, 0) is 24.0 Å². The zero-order valence-electron chi connectivity index (χ0n) is 21.6. The summed E-state index contributed by atoms with van der Waals surface area (Å²) in [4.78, 5) is 75.7. The van der Waals surface area contributed by atoms with Gasteiger partial charge in [0.1, 0.15) is 18.1 Å². The summed E-state index contributed by atoms with van der Waals surface area (Å²) in [6.45, 7) is 3.46. The van der Waals surface area contributed by atoms with E-state index in [-0.39, 0.29) is 6.42 Å². The Hall–Kier alpha value is -4.46. The summed E-state index contributed by atoms with van der Waals surface area (Å²) in [6, 6.07) is 1.89. The number of aromatic nitrogens is 1. The quantitative estimate of drug-likeness (QED) is 0.136. The fourth-order valence-electron chi connectivity index (χ4n) is 3.91. The number of fused-ring (bicyclic) bond motifs is 1. The van der Waals surface area contributed by atoms with Crippen molar-refractivity contribution >= 4 is 46.5 Å². The van der Waals surface area contributed by atoms with Crippen molar-refractivity contribution in [2.75, 3.05) is 0 Å². The second kappa shape index (κ2) is 13.9. The van der Waals surface area contributed by atoms with Crippen molar-refractivity contribution in [3.63, 3.8) is 0 Å². The number of benzene rings is 1. The van der Waals surface area contributed by atoms with Crippen molar-refractivity contribution in [3.05, 3.63) is 36.0 Å². The van der Waals surface area contributed by atoms with Crippen LogP contribution >= 0.6 is 0 Å². The number of para-hydroxylation sites is 1. The van der Waals surface area contributed by atoms with Crippen molar-refractivity contribution in [2.24, 2.45) is 17.4 Å². The molecule has 1 aromatic heterocycles. The average Bonchev–Trinajstić information content (AvgIpc) is 3.27. The van der Waals surface area contributed by atoms with Crippen LogP contribution in [0.4, 0.5) is 0 Å². The summed E-state index contributed by atoms with van der Waals surface area (Å²) in [5, 5.41) is 25.9. The lowest BCUT2D eigenvalue weighted by Gasteiger charge is -2.27. The van der Waals surface area contributed by atoms with Gasteiger partial charge in [-0.25, -0.2) is 4.79 Å². The molecule has 10 N–H and O–H groups in total. The van der Waals surface area contributed by atoms with Crippen molar-refractivity contribution in [1.29, 1.82) is 0 Å². The van der Waals surface area contributed by atoms with Crippen LogP contribution in [-0.4, -0.2) is 74.9 Å². The first kappa shape index (κ1) is 30.8. The SMILES string of the molecule is CCC(C)C(NC(=O)C(N)Cc1c[nH]c2ccccc12)C(=O)NC(CC(N)=O)C(=O)NC(CC(=O)O)C(=O)O. The van der Waals surface area contributed by atoms with Crippen LogP contribution in [0.3, 0.4) is 0 Å². The molecule has 5 unspecified atom stereocenters. The minimum atomic E-state index is -1.81. The Morgan fingerprint density at radius 2 is 1.56 bits per heavy atom. The Morgan fingerprint density at radius 3 is 2.15 bits per heavy atom. The Morgan fingerprint density at radius 1 is 0.923 bits per heavy atom. The molecule has 0 aliphatic carbocycles. The minimum Gasteiger partial charge on any atom is -0.481 e. The molecule has 1 heterocycles. The van der Waals surface area contributed by atoms with Crippen molar-refractivity contribution in [2.45, 2.75) is 63.7 Å². The highest BCUT2D eigenvalue weighted by Gasteiger charge is 2.33. The zero-order valence-corrected chi connectivity index (χ0v) is 21.6. The predicted molar refractivity (Wildman–Crippen MR) is 139 cm³/mol. The smallest absolute Gasteiger partial charge is 0.326 e. The molecule has 0 aliphatic rings. The lowest BCUT2D eigenvalue weighted by Crippen LogP contribution is -2.59. The van der Waals surface area contributed by atoms with E-state index in [1.54, 1.807) is 20.0 Å². The predicted octanol–water partition coefficient (Wildman–Crippen LogP) is -1.03. The van der Waals surface area contributed by atoms with E-state index in [1.165, 1.54) is 0 Å². The number of hydrogen-bond acceptors (Lipinski definition) is 7. The maximum Gasteiger partial charge on any atom is 0.326 e. The third kappa shape index (κ3) is 8.81. The molecule has 4 amide bonds. The first-order valence-corrected chi connectivity index (χ1v) is 12.3. The molecule has 212 valence electrons. The topological polar surface area (TPSA) is 247 Å². The molecule has 1 aromatic carbocycles. The largest absolute Gasteiger partial charge is 0.481 e. The van der Waals surface area contributed by atoms with Gasteiger partial charge in [-0.1, -0.05) is 38.5 Å². The summed E-state index contributed by atoms with van der Waals surface area (Å²) in [7, 11) is 0. The van der Waals surface area contributed by atoms with Crippen LogP contribution in [0.2, 0.25) is 0 Å². The molecule has 0 saturated carbocycles. The second-order valence-corrected chi connectivity index (χ2v) is 9.27. The summed E-state index contributed by atoms with van der Waals surface area (Å²) in [5.74, 6) is -7.09. The zero-order chi connectivity index (χ0) is 29.3. The number of carbonyl (C=O) groups excluding carboxylic acids is 4. The van der Waals surface area contributed by atoms with Gasteiger partial charge >= 0.3 is 11.9 Å². The number of nitrogens with two attached hydrogens (primary N) is 2. The van der Waals surface area contributed by atoms with Crippen LogP contribution in [0.5, 0.6) is 0 Å². The van der Waals surface area contributed by atoms with E-state index >= 15 is 0 Å². The molecule has 0 spiro atoms.